The normalized spacial score (nSPS) is 21.7. The molecule has 2 aromatic rings. The molecule has 6 nitrogen and oxygen atoms in total. The average Bonchev–Trinajstić information content (AvgIpc) is 3.19. The third kappa shape index (κ3) is 3.95. The number of likely N-dealkylation sites (tertiary alicyclic amines) is 1. The first-order chi connectivity index (χ1) is 11.6. The Bertz CT molecular complexity index is 663. The summed E-state index contributed by atoms with van der Waals surface area (Å²) >= 11 is 6.16. The largest absolute Gasteiger partial charge is 0.380 e. The Balaban J connectivity index is 1.70. The molecular formula is C17H24ClN5O. The van der Waals surface area contributed by atoms with Crippen LogP contribution in [0.1, 0.15) is 12.0 Å². The van der Waals surface area contributed by atoms with Gasteiger partial charge in [-0.2, -0.15) is 5.10 Å². The third-order valence-electron chi connectivity index (χ3n) is 4.66. The van der Waals surface area contributed by atoms with Gasteiger partial charge in [-0.25, -0.2) is 9.67 Å². The Morgan fingerprint density at radius 2 is 2.25 bits per heavy atom. The van der Waals surface area contributed by atoms with Crippen molar-refractivity contribution in [2.75, 3.05) is 34.3 Å². The van der Waals surface area contributed by atoms with Crippen molar-refractivity contribution in [3.8, 4) is 5.69 Å². The van der Waals surface area contributed by atoms with Crippen molar-refractivity contribution in [1.29, 1.82) is 0 Å². The molecule has 1 fully saturated rings. The number of nitrogens with zero attached hydrogens (tertiary/aromatic N) is 5. The van der Waals surface area contributed by atoms with Crippen LogP contribution in [-0.4, -0.2) is 71.0 Å². The Morgan fingerprint density at radius 3 is 2.92 bits per heavy atom. The molecule has 1 aliphatic heterocycles. The molecule has 24 heavy (non-hydrogen) atoms. The number of methoxy groups -OCH3 is 1. The van der Waals surface area contributed by atoms with Gasteiger partial charge in [-0.15, -0.1) is 0 Å². The van der Waals surface area contributed by atoms with Crippen molar-refractivity contribution in [3.63, 3.8) is 0 Å². The minimum atomic E-state index is 0.342. The van der Waals surface area contributed by atoms with Crippen LogP contribution in [-0.2, 0) is 11.3 Å². The lowest BCUT2D eigenvalue weighted by molar-refractivity contribution is 0.111. The summed E-state index contributed by atoms with van der Waals surface area (Å²) in [6.07, 6.45) is 4.65. The molecule has 0 amide bonds. The molecule has 1 aromatic carbocycles. The van der Waals surface area contributed by atoms with E-state index in [1.54, 1.807) is 18.1 Å². The highest BCUT2D eigenvalue weighted by atomic mass is 35.5. The van der Waals surface area contributed by atoms with E-state index in [0.717, 1.165) is 31.7 Å². The highest BCUT2D eigenvalue weighted by molar-refractivity contribution is 6.30. The van der Waals surface area contributed by atoms with E-state index in [9.17, 15) is 0 Å². The number of halogens is 1. The monoisotopic (exact) mass is 349 g/mol. The molecule has 0 aliphatic carbocycles. The molecule has 0 spiro atoms. The fourth-order valence-electron chi connectivity index (χ4n) is 3.34. The summed E-state index contributed by atoms with van der Waals surface area (Å²) < 4.78 is 7.26. The molecular weight excluding hydrogens is 326 g/mol. The Kier molecular flexibility index (Phi) is 5.50. The summed E-state index contributed by atoms with van der Waals surface area (Å²) in [6.45, 7) is 2.82. The van der Waals surface area contributed by atoms with E-state index in [0.29, 0.717) is 17.2 Å². The summed E-state index contributed by atoms with van der Waals surface area (Å²) in [5.74, 6) is 0. The minimum Gasteiger partial charge on any atom is -0.380 e. The van der Waals surface area contributed by atoms with Crippen molar-refractivity contribution in [1.82, 2.24) is 24.6 Å². The van der Waals surface area contributed by atoms with Crippen LogP contribution in [0.4, 0.5) is 0 Å². The van der Waals surface area contributed by atoms with Crippen LogP contribution in [0.5, 0.6) is 0 Å². The van der Waals surface area contributed by atoms with Crippen LogP contribution >= 0.6 is 11.6 Å². The predicted octanol–water partition coefficient (Wildman–Crippen LogP) is 2.07. The van der Waals surface area contributed by atoms with E-state index < -0.39 is 0 Å². The first kappa shape index (κ1) is 17.4. The van der Waals surface area contributed by atoms with E-state index in [1.807, 2.05) is 12.1 Å². The van der Waals surface area contributed by atoms with Crippen molar-refractivity contribution in [2.45, 2.75) is 25.1 Å². The fraction of sp³-hybridized carbons (Fsp3) is 0.529. The third-order valence-corrected chi connectivity index (χ3v) is 4.89. The summed E-state index contributed by atoms with van der Waals surface area (Å²) in [6, 6.07) is 6.43. The lowest BCUT2D eigenvalue weighted by Gasteiger charge is -2.26. The first-order valence-corrected chi connectivity index (χ1v) is 8.49. The second-order valence-electron chi connectivity index (χ2n) is 6.50. The number of ether oxygens (including phenoxy) is 1. The zero-order chi connectivity index (χ0) is 17.1. The lowest BCUT2D eigenvalue weighted by atomic mass is 10.1. The summed E-state index contributed by atoms with van der Waals surface area (Å²) in [5.41, 5.74) is 2.15. The molecule has 130 valence electrons. The van der Waals surface area contributed by atoms with Crippen molar-refractivity contribution < 1.29 is 4.74 Å². The number of likely N-dealkylation sites (N-methyl/N-ethyl adjacent to an activating group) is 2. The fourth-order valence-corrected chi connectivity index (χ4v) is 3.51. The summed E-state index contributed by atoms with van der Waals surface area (Å²) in [5, 5.41) is 4.93. The maximum atomic E-state index is 6.16. The zero-order valence-electron chi connectivity index (χ0n) is 14.4. The van der Waals surface area contributed by atoms with Crippen LogP contribution in [0.25, 0.3) is 5.69 Å². The minimum absolute atomic E-state index is 0.342. The Labute approximate surface area is 148 Å². The highest BCUT2D eigenvalue weighted by Crippen LogP contribution is 2.22. The van der Waals surface area contributed by atoms with Gasteiger partial charge in [-0.1, -0.05) is 17.7 Å². The molecule has 0 radical (unpaired) electrons. The van der Waals surface area contributed by atoms with E-state index in [1.165, 1.54) is 11.9 Å². The van der Waals surface area contributed by atoms with Gasteiger partial charge in [0.25, 0.3) is 0 Å². The van der Waals surface area contributed by atoms with Gasteiger partial charge in [0.1, 0.15) is 12.7 Å². The second-order valence-corrected chi connectivity index (χ2v) is 6.93. The van der Waals surface area contributed by atoms with Gasteiger partial charge in [-0.3, -0.25) is 4.90 Å². The molecule has 0 N–H and O–H groups in total. The predicted molar refractivity (Wildman–Crippen MR) is 94.5 cm³/mol. The van der Waals surface area contributed by atoms with Crippen LogP contribution in [0, 0.1) is 0 Å². The average molecular weight is 350 g/mol. The van der Waals surface area contributed by atoms with E-state index >= 15 is 0 Å². The maximum Gasteiger partial charge on any atom is 0.138 e. The molecule has 1 aliphatic rings. The smallest absolute Gasteiger partial charge is 0.138 e. The SMILES string of the molecule is CO[C@H]1C[C@@H](CN(C)Cc2ccc(Cl)cc2-n2cncn2)N(C)C1. The molecule has 0 unspecified atom stereocenters. The van der Waals surface area contributed by atoms with E-state index in [4.69, 9.17) is 16.3 Å². The molecule has 0 bridgehead atoms. The standard InChI is InChI=1S/C17H24ClN5O/c1-21(9-15-7-16(24-3)10-22(15)2)8-13-4-5-14(18)6-17(13)23-12-19-11-20-23/h4-6,11-12,15-16H,7-10H2,1-3H3/t15-,16-/m0/s1. The zero-order valence-corrected chi connectivity index (χ0v) is 15.1. The van der Waals surface area contributed by atoms with Crippen LogP contribution in [0.15, 0.2) is 30.9 Å². The van der Waals surface area contributed by atoms with Crippen LogP contribution < -0.4 is 0 Å². The van der Waals surface area contributed by atoms with Crippen LogP contribution in [0.2, 0.25) is 5.02 Å². The number of hydrogen-bond acceptors (Lipinski definition) is 5. The highest BCUT2D eigenvalue weighted by Gasteiger charge is 2.30. The van der Waals surface area contributed by atoms with Gasteiger partial charge in [0.2, 0.25) is 0 Å². The number of rotatable bonds is 6. The topological polar surface area (TPSA) is 46.4 Å². The molecule has 2 atom stereocenters. The Morgan fingerprint density at radius 1 is 1.42 bits per heavy atom. The molecule has 3 rings (SSSR count). The van der Waals surface area contributed by atoms with Gasteiger partial charge in [-0.05, 0) is 38.2 Å². The van der Waals surface area contributed by atoms with Crippen molar-refractivity contribution in [3.05, 3.63) is 41.4 Å². The van der Waals surface area contributed by atoms with Gasteiger partial charge in [0.15, 0.2) is 0 Å². The molecule has 1 saturated heterocycles. The molecule has 0 saturated carbocycles. The second kappa shape index (κ2) is 7.61. The van der Waals surface area contributed by atoms with Gasteiger partial charge >= 0.3 is 0 Å². The number of hydrogen-bond donors (Lipinski definition) is 0. The van der Waals surface area contributed by atoms with Crippen molar-refractivity contribution in [2.24, 2.45) is 0 Å². The van der Waals surface area contributed by atoms with E-state index in [-0.39, 0.29) is 0 Å². The number of aromatic nitrogens is 3. The van der Waals surface area contributed by atoms with Gasteiger partial charge in [0.05, 0.1) is 11.8 Å². The van der Waals surface area contributed by atoms with Crippen LogP contribution in [0.3, 0.4) is 0 Å². The first-order valence-electron chi connectivity index (χ1n) is 8.12. The van der Waals surface area contributed by atoms with Gasteiger partial charge < -0.3 is 9.64 Å². The maximum absolute atomic E-state index is 6.16. The lowest BCUT2D eigenvalue weighted by Crippen LogP contribution is -2.36. The molecule has 7 heteroatoms. The Hall–Kier alpha value is -1.47. The van der Waals surface area contributed by atoms with Crippen molar-refractivity contribution >= 4 is 11.6 Å². The molecule has 1 aromatic heterocycles. The summed E-state index contributed by atoms with van der Waals surface area (Å²) in [4.78, 5) is 8.75. The summed E-state index contributed by atoms with van der Waals surface area (Å²) in [7, 11) is 6.11. The van der Waals surface area contributed by atoms with E-state index in [2.05, 4.69) is 40.0 Å². The number of benzene rings is 1. The molecule has 2 heterocycles. The quantitative estimate of drug-likeness (QED) is 0.799. The van der Waals surface area contributed by atoms with Gasteiger partial charge in [0, 0.05) is 37.8 Å².